The van der Waals surface area contributed by atoms with Crippen LogP contribution in [0.25, 0.3) is 0 Å². The fourth-order valence-electron chi connectivity index (χ4n) is 1.59. The van der Waals surface area contributed by atoms with Crippen molar-refractivity contribution in [1.29, 1.82) is 0 Å². The summed E-state index contributed by atoms with van der Waals surface area (Å²) in [5.74, 6) is 0.615. The molecule has 0 radical (unpaired) electrons. The fraction of sp³-hybridized carbons (Fsp3) is 0.500. The lowest BCUT2D eigenvalue weighted by atomic mass is 10.2. The van der Waals surface area contributed by atoms with Crippen LogP contribution in [0.5, 0.6) is 0 Å². The number of anilines is 1. The third kappa shape index (κ3) is 3.03. The van der Waals surface area contributed by atoms with Gasteiger partial charge in [0.25, 0.3) is 0 Å². The first-order chi connectivity index (χ1) is 8.37. The summed E-state index contributed by atoms with van der Waals surface area (Å²) in [5, 5.41) is 0. The van der Waals surface area contributed by atoms with Crippen molar-refractivity contribution < 1.29 is 9.53 Å². The van der Waals surface area contributed by atoms with Crippen molar-refractivity contribution in [2.75, 3.05) is 11.4 Å². The molecule has 0 N–H and O–H groups in total. The maximum atomic E-state index is 12.1. The van der Waals surface area contributed by atoms with Crippen molar-refractivity contribution in [1.82, 2.24) is 4.98 Å². The number of aromatic nitrogens is 1. The average Bonchev–Trinajstić information content (AvgIpc) is 2.45. The van der Waals surface area contributed by atoms with Gasteiger partial charge in [-0.2, -0.15) is 0 Å². The molecule has 0 fully saturated rings. The molecule has 1 aromatic heterocycles. The van der Waals surface area contributed by atoms with Gasteiger partial charge in [-0.15, -0.1) is 11.3 Å². The van der Waals surface area contributed by atoms with Gasteiger partial charge < -0.3 is 4.74 Å². The number of fused-ring (bicyclic) bond motifs is 1. The second-order valence-electron chi connectivity index (χ2n) is 4.98. The van der Waals surface area contributed by atoms with Gasteiger partial charge in [-0.3, -0.25) is 4.90 Å². The van der Waals surface area contributed by atoms with Crippen LogP contribution in [-0.4, -0.2) is 23.2 Å². The lowest BCUT2D eigenvalue weighted by molar-refractivity contribution is 0.0583. The van der Waals surface area contributed by atoms with Gasteiger partial charge in [0, 0.05) is 13.0 Å². The summed E-state index contributed by atoms with van der Waals surface area (Å²) in [5.41, 5.74) is -0.521. The summed E-state index contributed by atoms with van der Waals surface area (Å²) in [6, 6.07) is 0. The van der Waals surface area contributed by atoms with Crippen molar-refractivity contribution in [3.8, 4) is 0 Å². The molecule has 0 unspecified atom stereocenters. The highest BCUT2D eigenvalue weighted by atomic mass is 35.5. The van der Waals surface area contributed by atoms with Crippen LogP contribution in [0.3, 0.4) is 0 Å². The van der Waals surface area contributed by atoms with Crippen LogP contribution in [0, 0.1) is 0 Å². The molecule has 2 heterocycles. The third-order valence-corrected chi connectivity index (χ3v) is 3.45. The topological polar surface area (TPSA) is 42.4 Å². The molecule has 98 valence electrons. The van der Waals surface area contributed by atoms with Crippen molar-refractivity contribution in [2.24, 2.45) is 0 Å². The molecule has 0 aromatic carbocycles. The van der Waals surface area contributed by atoms with Gasteiger partial charge in [-0.25, -0.2) is 9.78 Å². The van der Waals surface area contributed by atoms with E-state index in [9.17, 15) is 4.79 Å². The molecule has 0 aliphatic carbocycles. The Morgan fingerprint density at radius 2 is 2.22 bits per heavy atom. The van der Waals surface area contributed by atoms with E-state index in [1.165, 1.54) is 16.2 Å². The van der Waals surface area contributed by atoms with Crippen molar-refractivity contribution >= 4 is 34.8 Å². The molecule has 18 heavy (non-hydrogen) atoms. The number of hydrogen-bond acceptors (Lipinski definition) is 4. The molecule has 0 spiro atoms. The molecular formula is C12H15ClN2O2S. The Balaban J connectivity index is 2.27. The highest BCUT2D eigenvalue weighted by molar-refractivity contribution is 7.16. The Bertz CT molecular complexity index is 491. The van der Waals surface area contributed by atoms with Gasteiger partial charge in [-0.05, 0) is 20.8 Å². The van der Waals surface area contributed by atoms with Gasteiger partial charge in [-0.1, -0.05) is 23.8 Å². The monoisotopic (exact) mass is 286 g/mol. The molecule has 1 aliphatic heterocycles. The van der Waals surface area contributed by atoms with E-state index < -0.39 is 11.7 Å². The second-order valence-corrected chi connectivity index (χ2v) is 6.65. The molecule has 0 bridgehead atoms. The molecule has 2 rings (SSSR count). The van der Waals surface area contributed by atoms with E-state index >= 15 is 0 Å². The number of allylic oxidation sites excluding steroid dienone is 1. The first-order valence-corrected chi connectivity index (χ1v) is 6.87. The number of amides is 1. The summed E-state index contributed by atoms with van der Waals surface area (Å²) >= 11 is 7.31. The van der Waals surface area contributed by atoms with Crippen LogP contribution in [0.4, 0.5) is 10.6 Å². The molecule has 4 nitrogen and oxygen atoms in total. The van der Waals surface area contributed by atoms with Gasteiger partial charge in [0.15, 0.2) is 10.3 Å². The SMILES string of the molecule is CC(C)(C)OC(=O)N1CC=CCc2sc(Cl)nc21. The Morgan fingerprint density at radius 3 is 2.89 bits per heavy atom. The van der Waals surface area contributed by atoms with Crippen molar-refractivity contribution in [2.45, 2.75) is 32.8 Å². The van der Waals surface area contributed by atoms with Crippen LogP contribution < -0.4 is 4.90 Å². The van der Waals surface area contributed by atoms with E-state index in [0.717, 1.165) is 11.3 Å². The lowest BCUT2D eigenvalue weighted by Gasteiger charge is -2.25. The minimum Gasteiger partial charge on any atom is -0.443 e. The number of hydrogen-bond donors (Lipinski definition) is 0. The highest BCUT2D eigenvalue weighted by Gasteiger charge is 2.27. The summed E-state index contributed by atoms with van der Waals surface area (Å²) in [6.45, 7) is 5.98. The molecule has 0 atom stereocenters. The Kier molecular flexibility index (Phi) is 3.64. The quantitative estimate of drug-likeness (QED) is 0.684. The van der Waals surface area contributed by atoms with Gasteiger partial charge in [0.2, 0.25) is 0 Å². The summed E-state index contributed by atoms with van der Waals surface area (Å²) < 4.78 is 5.82. The third-order valence-electron chi connectivity index (χ3n) is 2.28. The minimum atomic E-state index is -0.521. The molecular weight excluding hydrogens is 272 g/mol. The highest BCUT2D eigenvalue weighted by Crippen LogP contribution is 2.32. The predicted octanol–water partition coefficient (Wildman–Crippen LogP) is 3.65. The molecule has 1 aromatic rings. The molecule has 1 aliphatic rings. The Hall–Kier alpha value is -1.07. The van der Waals surface area contributed by atoms with Crippen molar-refractivity contribution in [3.63, 3.8) is 0 Å². The van der Waals surface area contributed by atoms with Crippen LogP contribution in [0.15, 0.2) is 12.2 Å². The normalized spacial score (nSPS) is 15.2. The Labute approximate surface area is 115 Å². The molecule has 1 amide bonds. The number of halogens is 1. The number of thiazole rings is 1. The van der Waals surface area contributed by atoms with Crippen molar-refractivity contribution in [3.05, 3.63) is 21.5 Å². The fourth-order valence-corrected chi connectivity index (χ4v) is 2.72. The van der Waals surface area contributed by atoms with Crippen LogP contribution in [0.2, 0.25) is 4.47 Å². The smallest absolute Gasteiger partial charge is 0.416 e. The minimum absolute atomic E-state index is 0.391. The molecule has 0 saturated heterocycles. The largest absolute Gasteiger partial charge is 0.443 e. The van der Waals surface area contributed by atoms with E-state index in [1.54, 1.807) is 0 Å². The van der Waals surface area contributed by atoms with Gasteiger partial charge in [0.05, 0.1) is 4.88 Å². The number of carbonyl (C=O) groups excluding carboxylic acids is 1. The van der Waals surface area contributed by atoms with E-state index in [2.05, 4.69) is 4.98 Å². The molecule has 6 heteroatoms. The van der Waals surface area contributed by atoms with Crippen LogP contribution in [-0.2, 0) is 11.2 Å². The van der Waals surface area contributed by atoms with E-state index in [1.807, 2.05) is 32.9 Å². The maximum absolute atomic E-state index is 12.1. The lowest BCUT2D eigenvalue weighted by Crippen LogP contribution is -2.37. The van der Waals surface area contributed by atoms with E-state index in [4.69, 9.17) is 16.3 Å². The zero-order valence-electron chi connectivity index (χ0n) is 10.6. The number of rotatable bonds is 0. The zero-order chi connectivity index (χ0) is 13.3. The summed E-state index contributed by atoms with van der Waals surface area (Å²) in [6.07, 6.45) is 4.31. The first-order valence-electron chi connectivity index (χ1n) is 5.67. The van der Waals surface area contributed by atoms with E-state index in [-0.39, 0.29) is 0 Å². The number of ether oxygens (including phenoxy) is 1. The second kappa shape index (κ2) is 4.90. The zero-order valence-corrected chi connectivity index (χ0v) is 12.1. The maximum Gasteiger partial charge on any atom is 0.416 e. The van der Waals surface area contributed by atoms with Crippen LogP contribution in [0.1, 0.15) is 25.6 Å². The molecule has 0 saturated carbocycles. The first kappa shape index (κ1) is 13.4. The summed E-state index contributed by atoms with van der Waals surface area (Å²) in [7, 11) is 0. The number of carbonyl (C=O) groups is 1. The number of nitrogens with zero attached hydrogens (tertiary/aromatic N) is 2. The summed E-state index contributed by atoms with van der Waals surface area (Å²) in [4.78, 5) is 18.8. The van der Waals surface area contributed by atoms with Crippen LogP contribution >= 0.6 is 22.9 Å². The van der Waals surface area contributed by atoms with Gasteiger partial charge in [0.1, 0.15) is 5.60 Å². The standard InChI is InChI=1S/C12H15ClN2O2S/c1-12(2,3)17-11(16)15-7-5-4-6-8-9(15)14-10(13)18-8/h4-5H,6-7H2,1-3H3. The predicted molar refractivity (Wildman–Crippen MR) is 73.5 cm³/mol. The van der Waals surface area contributed by atoms with E-state index in [0.29, 0.717) is 16.8 Å². The average molecular weight is 287 g/mol. The van der Waals surface area contributed by atoms with Gasteiger partial charge >= 0.3 is 6.09 Å². The Morgan fingerprint density at radius 1 is 1.50 bits per heavy atom.